The van der Waals surface area contributed by atoms with Gasteiger partial charge in [0.1, 0.15) is 0 Å². The lowest BCUT2D eigenvalue weighted by atomic mass is 9.83. The molecule has 0 radical (unpaired) electrons. The lowest BCUT2D eigenvalue weighted by Gasteiger charge is -2.36. The zero-order valence-electron chi connectivity index (χ0n) is 9.60. The van der Waals surface area contributed by atoms with E-state index in [0.717, 1.165) is 0 Å². The van der Waals surface area contributed by atoms with Gasteiger partial charge in [0.2, 0.25) is 0 Å². The molecular formula is C10H18O5S. The van der Waals surface area contributed by atoms with Gasteiger partial charge in [-0.3, -0.25) is 4.79 Å². The van der Waals surface area contributed by atoms with Gasteiger partial charge in [0.15, 0.2) is 9.84 Å². The van der Waals surface area contributed by atoms with E-state index in [1.807, 2.05) is 0 Å². The number of sulfone groups is 1. The summed E-state index contributed by atoms with van der Waals surface area (Å²) in [5.41, 5.74) is -1.46. The lowest BCUT2D eigenvalue weighted by Crippen LogP contribution is -2.51. The molecule has 1 fully saturated rings. The SMILES string of the molecule is CCC(C(=O)OC)C1(O)CCCS(=O)(=O)C1. The third-order valence-electron chi connectivity index (χ3n) is 3.08. The number of esters is 1. The molecule has 0 amide bonds. The molecule has 16 heavy (non-hydrogen) atoms. The van der Waals surface area contributed by atoms with Crippen LogP contribution in [0.1, 0.15) is 26.2 Å². The molecule has 94 valence electrons. The summed E-state index contributed by atoms with van der Waals surface area (Å²) in [6.07, 6.45) is 1.10. The zero-order chi connectivity index (χ0) is 12.4. The van der Waals surface area contributed by atoms with Crippen LogP contribution in [0, 0.1) is 5.92 Å². The summed E-state index contributed by atoms with van der Waals surface area (Å²) >= 11 is 0. The number of hydrogen-bond donors (Lipinski definition) is 1. The molecule has 2 unspecified atom stereocenters. The van der Waals surface area contributed by atoms with Crippen LogP contribution < -0.4 is 0 Å². The van der Waals surface area contributed by atoms with Crippen molar-refractivity contribution >= 4 is 15.8 Å². The minimum absolute atomic E-state index is 0.0902. The average molecular weight is 250 g/mol. The van der Waals surface area contributed by atoms with Gasteiger partial charge >= 0.3 is 5.97 Å². The summed E-state index contributed by atoms with van der Waals surface area (Å²) in [7, 11) is -2.00. The highest BCUT2D eigenvalue weighted by Crippen LogP contribution is 2.32. The Hall–Kier alpha value is -0.620. The monoisotopic (exact) mass is 250 g/mol. The maximum atomic E-state index is 11.5. The maximum absolute atomic E-state index is 11.5. The van der Waals surface area contributed by atoms with Crippen molar-refractivity contribution in [2.24, 2.45) is 5.92 Å². The van der Waals surface area contributed by atoms with Gasteiger partial charge in [0.25, 0.3) is 0 Å². The van der Waals surface area contributed by atoms with Crippen molar-refractivity contribution in [1.29, 1.82) is 0 Å². The Labute approximate surface area is 95.7 Å². The Bertz CT molecular complexity index is 361. The van der Waals surface area contributed by atoms with E-state index in [2.05, 4.69) is 4.74 Å². The molecule has 6 heteroatoms. The molecule has 5 nitrogen and oxygen atoms in total. The first-order valence-electron chi connectivity index (χ1n) is 5.35. The summed E-state index contributed by atoms with van der Waals surface area (Å²) < 4.78 is 27.6. The van der Waals surface area contributed by atoms with Crippen molar-refractivity contribution in [2.75, 3.05) is 18.6 Å². The fourth-order valence-corrected chi connectivity index (χ4v) is 4.14. The quantitative estimate of drug-likeness (QED) is 0.720. The molecule has 1 heterocycles. The van der Waals surface area contributed by atoms with E-state index < -0.39 is 27.3 Å². The van der Waals surface area contributed by atoms with Crippen molar-refractivity contribution in [3.8, 4) is 0 Å². The van der Waals surface area contributed by atoms with Gasteiger partial charge in [-0.05, 0) is 19.3 Å². The molecule has 0 aromatic heterocycles. The van der Waals surface area contributed by atoms with Crippen LogP contribution in [-0.2, 0) is 19.4 Å². The third kappa shape index (κ3) is 2.74. The predicted octanol–water partition coefficient (Wildman–Crippen LogP) is 0.125. The van der Waals surface area contributed by atoms with Crippen molar-refractivity contribution in [3.63, 3.8) is 0 Å². The Kier molecular flexibility index (Phi) is 3.96. The molecule has 2 atom stereocenters. The topological polar surface area (TPSA) is 80.7 Å². The van der Waals surface area contributed by atoms with E-state index in [1.54, 1.807) is 6.92 Å². The van der Waals surface area contributed by atoms with E-state index in [0.29, 0.717) is 19.3 Å². The van der Waals surface area contributed by atoms with Gasteiger partial charge in [0, 0.05) is 0 Å². The van der Waals surface area contributed by atoms with Crippen LogP contribution in [0.15, 0.2) is 0 Å². The minimum Gasteiger partial charge on any atom is -0.469 e. The highest BCUT2D eigenvalue weighted by molar-refractivity contribution is 7.91. The molecule has 1 aliphatic heterocycles. The molecule has 0 spiro atoms. The molecule has 1 aliphatic rings. The van der Waals surface area contributed by atoms with Crippen LogP contribution in [0.4, 0.5) is 0 Å². The molecule has 1 N–H and O–H groups in total. The Balaban J connectivity index is 2.94. The number of ether oxygens (including phenoxy) is 1. The van der Waals surface area contributed by atoms with E-state index in [4.69, 9.17) is 0 Å². The van der Waals surface area contributed by atoms with Crippen LogP contribution in [0.3, 0.4) is 0 Å². The highest BCUT2D eigenvalue weighted by atomic mass is 32.2. The van der Waals surface area contributed by atoms with E-state index in [9.17, 15) is 18.3 Å². The van der Waals surface area contributed by atoms with Crippen molar-refractivity contribution in [2.45, 2.75) is 31.8 Å². The normalized spacial score (nSPS) is 30.7. The fraction of sp³-hybridized carbons (Fsp3) is 0.900. The van der Waals surface area contributed by atoms with Gasteiger partial charge in [-0.2, -0.15) is 0 Å². The van der Waals surface area contributed by atoms with Gasteiger partial charge in [-0.15, -0.1) is 0 Å². The second kappa shape index (κ2) is 4.71. The standard InChI is InChI=1S/C10H18O5S/c1-3-8(9(11)15-2)10(12)5-4-6-16(13,14)7-10/h8,12H,3-7H2,1-2H3. The van der Waals surface area contributed by atoms with Crippen molar-refractivity contribution in [3.05, 3.63) is 0 Å². The third-order valence-corrected chi connectivity index (χ3v) is 4.93. The first kappa shape index (κ1) is 13.4. The molecule has 0 saturated carbocycles. The van der Waals surface area contributed by atoms with E-state index in [-0.39, 0.29) is 11.5 Å². The second-order valence-electron chi connectivity index (χ2n) is 4.28. The average Bonchev–Trinajstić information content (AvgIpc) is 2.15. The van der Waals surface area contributed by atoms with E-state index >= 15 is 0 Å². The van der Waals surface area contributed by atoms with Gasteiger partial charge in [-0.1, -0.05) is 6.92 Å². The van der Waals surface area contributed by atoms with E-state index in [1.165, 1.54) is 7.11 Å². The van der Waals surface area contributed by atoms with Crippen LogP contribution >= 0.6 is 0 Å². The van der Waals surface area contributed by atoms with Crippen LogP contribution in [0.25, 0.3) is 0 Å². The Morgan fingerprint density at radius 1 is 1.56 bits per heavy atom. The van der Waals surface area contributed by atoms with Crippen LogP contribution in [0.5, 0.6) is 0 Å². The molecule has 1 saturated heterocycles. The number of aliphatic hydroxyl groups is 1. The fourth-order valence-electron chi connectivity index (χ4n) is 2.31. The molecule has 0 bridgehead atoms. The Morgan fingerprint density at radius 2 is 2.19 bits per heavy atom. The predicted molar refractivity (Wildman–Crippen MR) is 58.6 cm³/mol. The number of carbonyl (C=O) groups is 1. The number of rotatable bonds is 3. The number of hydrogen-bond acceptors (Lipinski definition) is 5. The highest BCUT2D eigenvalue weighted by Gasteiger charge is 2.46. The largest absolute Gasteiger partial charge is 0.469 e. The molecule has 0 aliphatic carbocycles. The van der Waals surface area contributed by atoms with Gasteiger partial charge in [0.05, 0.1) is 30.1 Å². The van der Waals surface area contributed by atoms with Crippen LogP contribution in [0.2, 0.25) is 0 Å². The smallest absolute Gasteiger partial charge is 0.311 e. The summed E-state index contributed by atoms with van der Waals surface area (Å²) in [6.45, 7) is 1.74. The first-order valence-corrected chi connectivity index (χ1v) is 7.17. The molecule has 1 rings (SSSR count). The maximum Gasteiger partial charge on any atom is 0.311 e. The first-order chi connectivity index (χ1) is 7.34. The van der Waals surface area contributed by atoms with Gasteiger partial charge < -0.3 is 9.84 Å². The minimum atomic E-state index is -3.25. The van der Waals surface area contributed by atoms with Crippen molar-refractivity contribution in [1.82, 2.24) is 0 Å². The van der Waals surface area contributed by atoms with Crippen molar-refractivity contribution < 1.29 is 23.1 Å². The summed E-state index contributed by atoms with van der Waals surface area (Å²) in [4.78, 5) is 11.5. The molecular weight excluding hydrogens is 232 g/mol. The molecule has 0 aromatic rings. The van der Waals surface area contributed by atoms with Gasteiger partial charge in [-0.25, -0.2) is 8.42 Å². The number of methoxy groups -OCH3 is 1. The summed E-state index contributed by atoms with van der Waals surface area (Å²) in [5.74, 6) is -1.55. The second-order valence-corrected chi connectivity index (χ2v) is 6.47. The Morgan fingerprint density at radius 3 is 2.62 bits per heavy atom. The lowest BCUT2D eigenvalue weighted by molar-refractivity contribution is -0.155. The zero-order valence-corrected chi connectivity index (χ0v) is 10.4. The summed E-state index contributed by atoms with van der Waals surface area (Å²) in [6, 6.07) is 0. The van der Waals surface area contributed by atoms with Crippen LogP contribution in [-0.4, -0.2) is 43.7 Å². The number of carbonyl (C=O) groups excluding carboxylic acids is 1. The summed E-state index contributed by atoms with van der Waals surface area (Å²) in [5, 5.41) is 10.3. The molecule has 0 aromatic carbocycles.